The number of carbonyl (C=O) groups excluding carboxylic acids is 2. The molecule has 0 aliphatic carbocycles. The Kier molecular flexibility index (Phi) is 5.87. The molecule has 0 bridgehead atoms. The molecule has 2 aromatic carbocycles. The first-order valence-corrected chi connectivity index (χ1v) is 6.03. The third kappa shape index (κ3) is 3.79. The highest BCUT2D eigenvalue weighted by Crippen LogP contribution is 2.16. The van der Waals surface area contributed by atoms with Gasteiger partial charge in [-0.1, -0.05) is 0 Å². The molecule has 4 nitrogen and oxygen atoms in total. The van der Waals surface area contributed by atoms with Crippen molar-refractivity contribution in [3.05, 3.63) is 59.7 Å². The van der Waals surface area contributed by atoms with Crippen LogP contribution in [-0.2, 0) is 0 Å². The van der Waals surface area contributed by atoms with Crippen LogP contribution in [-0.4, -0.2) is 36.8 Å². The van der Waals surface area contributed by atoms with Crippen molar-refractivity contribution in [2.24, 2.45) is 0 Å². The average molecular weight is 298 g/mol. The highest BCUT2D eigenvalue weighted by atomic mass is 28.1. The van der Waals surface area contributed by atoms with Crippen molar-refractivity contribution in [1.82, 2.24) is 0 Å². The number of rotatable bonds is 5. The zero-order valence-corrected chi connectivity index (χ0v) is 12.8. The fraction of sp³-hybridized carbons (Fsp3) is 0.125. The van der Waals surface area contributed by atoms with Gasteiger partial charge < -0.3 is 9.47 Å². The minimum Gasteiger partial charge on any atom is -0.497 e. The van der Waals surface area contributed by atoms with Crippen LogP contribution in [0.15, 0.2) is 48.5 Å². The molecule has 0 amide bonds. The van der Waals surface area contributed by atoms with Crippen molar-refractivity contribution < 1.29 is 19.1 Å². The van der Waals surface area contributed by atoms with E-state index in [9.17, 15) is 9.59 Å². The summed E-state index contributed by atoms with van der Waals surface area (Å²) in [4.78, 5) is 24.2. The van der Waals surface area contributed by atoms with E-state index < -0.39 is 11.6 Å². The molecule has 2 rings (SSSR count). The van der Waals surface area contributed by atoms with Crippen molar-refractivity contribution in [1.29, 1.82) is 0 Å². The fourth-order valence-corrected chi connectivity index (χ4v) is 1.75. The Morgan fingerprint density at radius 2 is 0.952 bits per heavy atom. The van der Waals surface area contributed by atoms with Crippen LogP contribution in [0.25, 0.3) is 0 Å². The number of methoxy groups -OCH3 is 2. The van der Waals surface area contributed by atoms with Crippen molar-refractivity contribution in [2.75, 3.05) is 14.2 Å². The Hall–Kier alpha value is -2.40. The summed E-state index contributed by atoms with van der Waals surface area (Å²) in [5.41, 5.74) is 0.679. The maximum atomic E-state index is 12.1. The van der Waals surface area contributed by atoms with Crippen LogP contribution in [0.1, 0.15) is 20.7 Å². The van der Waals surface area contributed by atoms with Crippen LogP contribution in [0.3, 0.4) is 0 Å². The van der Waals surface area contributed by atoms with Crippen LogP contribution < -0.4 is 9.47 Å². The number of carbonyl (C=O) groups is 2. The molecule has 106 valence electrons. The van der Waals surface area contributed by atoms with Crippen LogP contribution in [0.5, 0.6) is 11.5 Å². The number of Topliss-reactive ketones (excluding diaryl/α,β-unsaturated/α-hetero) is 2. The Morgan fingerprint density at radius 1 is 0.667 bits per heavy atom. The zero-order chi connectivity index (χ0) is 14.5. The highest BCUT2D eigenvalue weighted by molar-refractivity contribution is 6.49. The number of hydrogen-bond donors (Lipinski definition) is 0. The van der Waals surface area contributed by atoms with E-state index in [-0.39, 0.29) is 11.0 Å². The van der Waals surface area contributed by atoms with E-state index in [0.717, 1.165) is 0 Å². The van der Waals surface area contributed by atoms with Gasteiger partial charge in [-0.2, -0.15) is 0 Å². The van der Waals surface area contributed by atoms with Gasteiger partial charge in [0.2, 0.25) is 11.6 Å². The molecule has 0 spiro atoms. The second kappa shape index (κ2) is 7.40. The average Bonchev–Trinajstić information content (AvgIpc) is 2.53. The first kappa shape index (κ1) is 16.7. The summed E-state index contributed by atoms with van der Waals surface area (Å²) in [5, 5.41) is 0. The summed E-state index contributed by atoms with van der Waals surface area (Å²) in [7, 11) is 3.08. The second-order valence-electron chi connectivity index (χ2n) is 4.12. The molecule has 0 saturated carbocycles. The Morgan fingerprint density at radius 3 is 1.19 bits per heavy atom. The lowest BCUT2D eigenvalue weighted by Crippen LogP contribution is -2.14. The monoisotopic (exact) mass is 298 g/mol. The third-order valence-corrected chi connectivity index (χ3v) is 2.91. The molecule has 0 N–H and O–H groups in total. The van der Waals surface area contributed by atoms with Crippen LogP contribution in [0.2, 0.25) is 0 Å². The molecule has 0 aliphatic rings. The molecule has 0 atom stereocenters. The molecule has 2 aromatic rings. The molecular weight excluding hydrogens is 284 g/mol. The lowest BCUT2D eigenvalue weighted by atomic mass is 10.0. The van der Waals surface area contributed by atoms with E-state index in [2.05, 4.69) is 0 Å². The molecule has 0 heterocycles. The lowest BCUT2D eigenvalue weighted by molar-refractivity contribution is 0.0817. The topological polar surface area (TPSA) is 52.6 Å². The summed E-state index contributed by atoms with van der Waals surface area (Å²) in [6.07, 6.45) is 0. The number of ketones is 2. The molecule has 0 unspecified atom stereocenters. The first-order valence-electron chi connectivity index (χ1n) is 6.03. The smallest absolute Gasteiger partial charge is 0.233 e. The third-order valence-electron chi connectivity index (χ3n) is 2.91. The van der Waals surface area contributed by atoms with Gasteiger partial charge in [-0.05, 0) is 48.5 Å². The standard InChI is InChI=1S/C16H14O4.Si/c1-19-13-7-3-11(4-8-13)15(17)16(18)12-5-9-14(20-2)10-6-12;/h3-10H,1-2H3;. The summed E-state index contributed by atoms with van der Waals surface area (Å²) in [6, 6.07) is 12.9. The van der Waals surface area contributed by atoms with E-state index in [0.29, 0.717) is 22.6 Å². The van der Waals surface area contributed by atoms with Gasteiger partial charge in [0.05, 0.1) is 14.2 Å². The van der Waals surface area contributed by atoms with Gasteiger partial charge in [0.1, 0.15) is 11.5 Å². The maximum absolute atomic E-state index is 12.1. The summed E-state index contributed by atoms with van der Waals surface area (Å²) in [6.45, 7) is 0. The first-order chi connectivity index (χ1) is 9.65. The van der Waals surface area contributed by atoms with E-state index in [1.165, 1.54) is 0 Å². The van der Waals surface area contributed by atoms with Gasteiger partial charge in [0.15, 0.2) is 0 Å². The molecular formula is C16H14O4Si. The van der Waals surface area contributed by atoms with Crippen LogP contribution in [0.4, 0.5) is 0 Å². The van der Waals surface area contributed by atoms with Gasteiger partial charge in [-0.15, -0.1) is 0 Å². The number of ether oxygens (including phenoxy) is 2. The van der Waals surface area contributed by atoms with Crippen LogP contribution >= 0.6 is 0 Å². The summed E-state index contributed by atoms with van der Waals surface area (Å²) < 4.78 is 10.0. The minimum absolute atomic E-state index is 0. The Balaban J connectivity index is 0.00000220. The molecule has 4 radical (unpaired) electrons. The van der Waals surface area contributed by atoms with Crippen LogP contribution in [0, 0.1) is 0 Å². The van der Waals surface area contributed by atoms with E-state index in [1.807, 2.05) is 0 Å². The number of hydrogen-bond acceptors (Lipinski definition) is 4. The van der Waals surface area contributed by atoms with Gasteiger partial charge >= 0.3 is 0 Å². The summed E-state index contributed by atoms with van der Waals surface area (Å²) >= 11 is 0. The predicted octanol–water partition coefficient (Wildman–Crippen LogP) is 2.39. The minimum atomic E-state index is -0.544. The van der Waals surface area contributed by atoms with E-state index >= 15 is 0 Å². The van der Waals surface area contributed by atoms with Crippen molar-refractivity contribution in [3.8, 4) is 11.5 Å². The van der Waals surface area contributed by atoms with E-state index in [1.54, 1.807) is 62.8 Å². The van der Waals surface area contributed by atoms with Gasteiger partial charge in [-0.3, -0.25) is 9.59 Å². The molecule has 21 heavy (non-hydrogen) atoms. The lowest BCUT2D eigenvalue weighted by Gasteiger charge is -2.04. The van der Waals surface area contributed by atoms with Crippen molar-refractivity contribution in [3.63, 3.8) is 0 Å². The second-order valence-corrected chi connectivity index (χ2v) is 4.12. The van der Waals surface area contributed by atoms with Gasteiger partial charge in [0.25, 0.3) is 0 Å². The molecule has 0 aromatic heterocycles. The highest BCUT2D eigenvalue weighted by Gasteiger charge is 2.18. The molecule has 0 saturated heterocycles. The summed E-state index contributed by atoms with van der Waals surface area (Å²) in [5.74, 6) is 0.188. The Bertz CT molecular complexity index is 560. The number of benzene rings is 2. The molecule has 5 heteroatoms. The molecule has 0 fully saturated rings. The van der Waals surface area contributed by atoms with Crippen molar-refractivity contribution in [2.45, 2.75) is 0 Å². The zero-order valence-electron chi connectivity index (χ0n) is 11.8. The van der Waals surface area contributed by atoms with E-state index in [4.69, 9.17) is 9.47 Å². The van der Waals surface area contributed by atoms with Gasteiger partial charge in [0, 0.05) is 22.1 Å². The fourth-order valence-electron chi connectivity index (χ4n) is 1.75. The van der Waals surface area contributed by atoms with Gasteiger partial charge in [-0.25, -0.2) is 0 Å². The normalized spacial score (nSPS) is 9.43. The molecule has 0 aliphatic heterocycles. The maximum Gasteiger partial charge on any atom is 0.233 e. The van der Waals surface area contributed by atoms with Crippen molar-refractivity contribution >= 4 is 22.5 Å². The quantitative estimate of drug-likeness (QED) is 0.483. The Labute approximate surface area is 127 Å². The SMILES string of the molecule is COc1ccc(C(=O)C(=O)c2ccc(OC)cc2)cc1.[Si]. The largest absolute Gasteiger partial charge is 0.497 e. The predicted molar refractivity (Wildman–Crippen MR) is 80.4 cm³/mol.